The molecule has 27 heavy (non-hydrogen) atoms. The number of hydrogen-bond acceptors (Lipinski definition) is 6. The number of aryl methyl sites for hydroxylation is 1. The standard InChI is InChI=1S/C18H17ClN6OS/c1-23-9-13(8-20-23)16-11-24(6-7-26-16)18-22-25-10-15(21-17(25)27-18)12-2-4-14(19)5-3-12/h2-5,8-10,16H,6-7,11H2,1H3. The van der Waals surface area contributed by atoms with E-state index in [1.807, 2.05) is 54.4 Å². The van der Waals surface area contributed by atoms with E-state index in [1.165, 1.54) is 0 Å². The highest BCUT2D eigenvalue weighted by Gasteiger charge is 2.25. The highest BCUT2D eigenvalue weighted by molar-refractivity contribution is 7.20. The van der Waals surface area contributed by atoms with Gasteiger partial charge in [-0.25, -0.2) is 9.50 Å². The Hall–Kier alpha value is -2.42. The Morgan fingerprint density at radius 3 is 2.81 bits per heavy atom. The monoisotopic (exact) mass is 400 g/mol. The predicted octanol–water partition coefficient (Wildman–Crippen LogP) is 3.42. The Morgan fingerprint density at radius 2 is 2.07 bits per heavy atom. The lowest BCUT2D eigenvalue weighted by atomic mass is 10.2. The van der Waals surface area contributed by atoms with Gasteiger partial charge in [-0.05, 0) is 12.1 Å². The Bertz CT molecular complexity index is 1050. The summed E-state index contributed by atoms with van der Waals surface area (Å²) in [5, 5.41) is 10.6. The largest absolute Gasteiger partial charge is 0.370 e. The zero-order chi connectivity index (χ0) is 18.4. The van der Waals surface area contributed by atoms with Gasteiger partial charge in [-0.3, -0.25) is 4.68 Å². The summed E-state index contributed by atoms with van der Waals surface area (Å²) in [6.07, 6.45) is 5.83. The van der Waals surface area contributed by atoms with Gasteiger partial charge in [-0.1, -0.05) is 35.1 Å². The van der Waals surface area contributed by atoms with Crippen molar-refractivity contribution in [3.05, 3.63) is 53.4 Å². The highest BCUT2D eigenvalue weighted by Crippen LogP contribution is 2.30. The van der Waals surface area contributed by atoms with Crippen LogP contribution in [0.1, 0.15) is 11.7 Å². The third-order valence-electron chi connectivity index (χ3n) is 4.61. The first-order valence-electron chi connectivity index (χ1n) is 8.63. The number of nitrogens with zero attached hydrogens (tertiary/aromatic N) is 6. The maximum atomic E-state index is 5.96. The second-order valence-electron chi connectivity index (χ2n) is 6.50. The van der Waals surface area contributed by atoms with Crippen molar-refractivity contribution in [1.82, 2.24) is 24.4 Å². The van der Waals surface area contributed by atoms with E-state index < -0.39 is 0 Å². The van der Waals surface area contributed by atoms with Crippen molar-refractivity contribution < 1.29 is 4.74 Å². The number of morpholine rings is 1. The minimum absolute atomic E-state index is 0.00768. The summed E-state index contributed by atoms with van der Waals surface area (Å²) in [4.78, 5) is 7.84. The highest BCUT2D eigenvalue weighted by atomic mass is 35.5. The number of rotatable bonds is 3. The number of imidazole rings is 1. The molecule has 4 aromatic rings. The number of fused-ring (bicyclic) bond motifs is 1. The van der Waals surface area contributed by atoms with E-state index in [2.05, 4.69) is 10.00 Å². The Labute approximate surface area is 164 Å². The summed E-state index contributed by atoms with van der Waals surface area (Å²) in [6.45, 7) is 2.24. The summed E-state index contributed by atoms with van der Waals surface area (Å²) in [5.74, 6) is 0. The van der Waals surface area contributed by atoms with Gasteiger partial charge in [-0.15, -0.1) is 5.10 Å². The maximum Gasteiger partial charge on any atom is 0.214 e. The molecular formula is C18H17ClN6OS. The number of aromatic nitrogens is 5. The van der Waals surface area contributed by atoms with Crippen molar-refractivity contribution >= 4 is 33.0 Å². The van der Waals surface area contributed by atoms with Crippen LogP contribution in [0.25, 0.3) is 16.2 Å². The molecule has 1 fully saturated rings. The molecule has 0 bridgehead atoms. The van der Waals surface area contributed by atoms with Crippen molar-refractivity contribution in [2.45, 2.75) is 6.10 Å². The molecule has 1 aromatic carbocycles. The van der Waals surface area contributed by atoms with Gasteiger partial charge in [0.2, 0.25) is 10.1 Å². The molecule has 9 heteroatoms. The molecule has 1 saturated heterocycles. The van der Waals surface area contributed by atoms with E-state index in [1.54, 1.807) is 16.0 Å². The van der Waals surface area contributed by atoms with Gasteiger partial charge in [0.1, 0.15) is 6.10 Å². The van der Waals surface area contributed by atoms with Crippen LogP contribution in [0.15, 0.2) is 42.9 Å². The van der Waals surface area contributed by atoms with Crippen molar-refractivity contribution in [2.75, 3.05) is 24.6 Å². The van der Waals surface area contributed by atoms with E-state index in [0.717, 1.165) is 45.0 Å². The first-order chi connectivity index (χ1) is 13.2. The Balaban J connectivity index is 1.38. The number of hydrogen-bond donors (Lipinski definition) is 0. The smallest absolute Gasteiger partial charge is 0.214 e. The molecule has 0 amide bonds. The first kappa shape index (κ1) is 16.7. The number of halogens is 1. The van der Waals surface area contributed by atoms with Crippen LogP contribution < -0.4 is 4.90 Å². The van der Waals surface area contributed by atoms with Crippen LogP contribution in [0, 0.1) is 0 Å². The maximum absolute atomic E-state index is 5.96. The minimum Gasteiger partial charge on any atom is -0.370 e. The first-order valence-corrected chi connectivity index (χ1v) is 9.82. The zero-order valence-electron chi connectivity index (χ0n) is 14.6. The van der Waals surface area contributed by atoms with Gasteiger partial charge in [0.25, 0.3) is 0 Å². The molecule has 5 rings (SSSR count). The normalized spacial score (nSPS) is 17.7. The van der Waals surface area contributed by atoms with E-state index in [4.69, 9.17) is 26.4 Å². The molecule has 3 aromatic heterocycles. The van der Waals surface area contributed by atoms with Crippen LogP contribution in [0.3, 0.4) is 0 Å². The topological polar surface area (TPSA) is 60.5 Å². The molecule has 4 heterocycles. The number of anilines is 1. The van der Waals surface area contributed by atoms with Crippen LogP contribution in [0.5, 0.6) is 0 Å². The molecule has 0 saturated carbocycles. The van der Waals surface area contributed by atoms with E-state index in [9.17, 15) is 0 Å². The summed E-state index contributed by atoms with van der Waals surface area (Å²) < 4.78 is 9.56. The third-order valence-corrected chi connectivity index (χ3v) is 5.84. The van der Waals surface area contributed by atoms with Gasteiger partial charge < -0.3 is 9.64 Å². The van der Waals surface area contributed by atoms with Gasteiger partial charge in [0.05, 0.1) is 31.2 Å². The van der Waals surface area contributed by atoms with Gasteiger partial charge in [0, 0.05) is 35.9 Å². The van der Waals surface area contributed by atoms with E-state index in [0.29, 0.717) is 6.61 Å². The molecule has 1 aliphatic rings. The fraction of sp³-hybridized carbons (Fsp3) is 0.278. The number of benzene rings is 1. The quantitative estimate of drug-likeness (QED) is 0.527. The SMILES string of the molecule is Cn1cc(C2CN(c3nn4cc(-c5ccc(Cl)cc5)nc4s3)CCO2)cn1. The van der Waals surface area contributed by atoms with Crippen molar-refractivity contribution in [3.63, 3.8) is 0 Å². The summed E-state index contributed by atoms with van der Waals surface area (Å²) in [5.41, 5.74) is 3.02. The van der Waals surface area contributed by atoms with Crippen molar-refractivity contribution in [1.29, 1.82) is 0 Å². The second-order valence-corrected chi connectivity index (χ2v) is 7.87. The minimum atomic E-state index is 0.00768. The van der Waals surface area contributed by atoms with Gasteiger partial charge in [-0.2, -0.15) is 5.10 Å². The lowest BCUT2D eigenvalue weighted by Gasteiger charge is -2.31. The fourth-order valence-electron chi connectivity index (χ4n) is 3.21. The molecule has 7 nitrogen and oxygen atoms in total. The molecule has 0 spiro atoms. The fourth-order valence-corrected chi connectivity index (χ4v) is 4.25. The third kappa shape index (κ3) is 3.20. The van der Waals surface area contributed by atoms with E-state index in [-0.39, 0.29) is 6.10 Å². The van der Waals surface area contributed by atoms with Gasteiger partial charge in [0.15, 0.2) is 0 Å². The molecule has 0 aliphatic carbocycles. The van der Waals surface area contributed by atoms with Crippen molar-refractivity contribution in [3.8, 4) is 11.3 Å². The molecular weight excluding hydrogens is 384 g/mol. The summed E-state index contributed by atoms with van der Waals surface area (Å²) in [6, 6.07) is 7.68. The number of ether oxygens (including phenoxy) is 1. The van der Waals surface area contributed by atoms with Crippen LogP contribution in [0.4, 0.5) is 5.13 Å². The molecule has 1 atom stereocenters. The van der Waals surface area contributed by atoms with Gasteiger partial charge >= 0.3 is 0 Å². The van der Waals surface area contributed by atoms with Crippen LogP contribution in [0.2, 0.25) is 5.02 Å². The lowest BCUT2D eigenvalue weighted by Crippen LogP contribution is -2.38. The zero-order valence-corrected chi connectivity index (χ0v) is 16.2. The van der Waals surface area contributed by atoms with Crippen LogP contribution >= 0.6 is 22.9 Å². The average molecular weight is 401 g/mol. The molecule has 1 aliphatic heterocycles. The van der Waals surface area contributed by atoms with Crippen molar-refractivity contribution in [2.24, 2.45) is 7.05 Å². The average Bonchev–Trinajstić information content (AvgIpc) is 3.37. The van der Waals surface area contributed by atoms with Crippen LogP contribution in [-0.2, 0) is 11.8 Å². The summed E-state index contributed by atoms with van der Waals surface area (Å²) in [7, 11) is 1.91. The predicted molar refractivity (Wildman–Crippen MR) is 105 cm³/mol. The molecule has 138 valence electrons. The van der Waals surface area contributed by atoms with E-state index >= 15 is 0 Å². The summed E-state index contributed by atoms with van der Waals surface area (Å²) >= 11 is 7.55. The molecule has 1 unspecified atom stereocenters. The lowest BCUT2D eigenvalue weighted by molar-refractivity contribution is 0.0397. The molecule has 0 N–H and O–H groups in total. The molecule has 0 radical (unpaired) electrons. The Morgan fingerprint density at radius 1 is 1.22 bits per heavy atom. The second kappa shape index (κ2) is 6.63. The van der Waals surface area contributed by atoms with Crippen LogP contribution in [-0.4, -0.2) is 44.1 Å². The Kier molecular flexibility index (Phi) is 4.11.